The standard InChI is InChI=1S/C14H20N2/c1-2-13(15)12-8-4-5-9-14(12)16-10-6-3-7-11-16/h3-6,8-9,13H,2,7,10-11,15H2,1H3/t13-/m0/s1. The van der Waals surface area contributed by atoms with Crippen molar-refractivity contribution in [1.82, 2.24) is 0 Å². The van der Waals surface area contributed by atoms with Crippen molar-refractivity contribution in [3.8, 4) is 0 Å². The molecule has 1 aliphatic heterocycles. The fraction of sp³-hybridized carbons (Fsp3) is 0.429. The van der Waals surface area contributed by atoms with Crippen LogP contribution in [-0.4, -0.2) is 13.1 Å². The van der Waals surface area contributed by atoms with E-state index in [1.54, 1.807) is 0 Å². The second-order valence-electron chi connectivity index (χ2n) is 4.28. The van der Waals surface area contributed by atoms with Gasteiger partial charge in [-0.25, -0.2) is 0 Å². The van der Waals surface area contributed by atoms with E-state index in [4.69, 9.17) is 5.73 Å². The van der Waals surface area contributed by atoms with Gasteiger partial charge in [-0.2, -0.15) is 0 Å². The second kappa shape index (κ2) is 5.17. The minimum absolute atomic E-state index is 0.155. The molecule has 2 heteroatoms. The van der Waals surface area contributed by atoms with Crippen LogP contribution in [0.5, 0.6) is 0 Å². The minimum atomic E-state index is 0.155. The van der Waals surface area contributed by atoms with Gasteiger partial charge >= 0.3 is 0 Å². The number of nitrogens with two attached hydrogens (primary N) is 1. The molecule has 0 saturated heterocycles. The van der Waals surface area contributed by atoms with Crippen molar-refractivity contribution >= 4 is 5.69 Å². The Labute approximate surface area is 97.8 Å². The van der Waals surface area contributed by atoms with Gasteiger partial charge in [-0.15, -0.1) is 0 Å². The predicted molar refractivity (Wildman–Crippen MR) is 69.6 cm³/mol. The molecule has 0 radical (unpaired) electrons. The van der Waals surface area contributed by atoms with E-state index in [0.717, 1.165) is 25.9 Å². The van der Waals surface area contributed by atoms with Gasteiger partial charge in [0.15, 0.2) is 0 Å². The fourth-order valence-electron chi connectivity index (χ4n) is 2.17. The SMILES string of the molecule is CC[C@H](N)c1ccccc1N1CC=CCC1. The monoisotopic (exact) mass is 216 g/mol. The summed E-state index contributed by atoms with van der Waals surface area (Å²) in [5.74, 6) is 0. The van der Waals surface area contributed by atoms with Gasteiger partial charge in [0.05, 0.1) is 0 Å². The molecule has 16 heavy (non-hydrogen) atoms. The van der Waals surface area contributed by atoms with Crippen LogP contribution < -0.4 is 10.6 Å². The Bertz CT molecular complexity index is 371. The van der Waals surface area contributed by atoms with Crippen LogP contribution in [0.2, 0.25) is 0 Å². The third-order valence-electron chi connectivity index (χ3n) is 3.17. The molecule has 0 fully saturated rings. The lowest BCUT2D eigenvalue weighted by Gasteiger charge is -2.29. The van der Waals surface area contributed by atoms with Crippen LogP contribution in [0.1, 0.15) is 31.4 Å². The normalized spacial score (nSPS) is 17.5. The van der Waals surface area contributed by atoms with E-state index in [1.165, 1.54) is 11.3 Å². The molecular formula is C14H20N2. The minimum Gasteiger partial charge on any atom is -0.367 e. The second-order valence-corrected chi connectivity index (χ2v) is 4.28. The molecule has 0 unspecified atom stereocenters. The van der Waals surface area contributed by atoms with E-state index in [0.29, 0.717) is 0 Å². The number of rotatable bonds is 3. The molecule has 86 valence electrons. The largest absolute Gasteiger partial charge is 0.367 e. The highest BCUT2D eigenvalue weighted by Crippen LogP contribution is 2.27. The van der Waals surface area contributed by atoms with Crippen LogP contribution >= 0.6 is 0 Å². The van der Waals surface area contributed by atoms with E-state index < -0.39 is 0 Å². The number of hydrogen-bond acceptors (Lipinski definition) is 2. The molecule has 2 rings (SSSR count). The smallest absolute Gasteiger partial charge is 0.0417 e. The Morgan fingerprint density at radius 2 is 2.12 bits per heavy atom. The van der Waals surface area contributed by atoms with Crippen LogP contribution in [0, 0.1) is 0 Å². The molecule has 0 aliphatic carbocycles. The summed E-state index contributed by atoms with van der Waals surface area (Å²) in [6.07, 6.45) is 6.60. The topological polar surface area (TPSA) is 29.3 Å². The molecule has 1 aliphatic rings. The van der Waals surface area contributed by atoms with Crippen LogP contribution in [0.3, 0.4) is 0 Å². The van der Waals surface area contributed by atoms with E-state index in [-0.39, 0.29) is 6.04 Å². The molecule has 1 aromatic carbocycles. The summed E-state index contributed by atoms with van der Waals surface area (Å²) in [6, 6.07) is 8.67. The lowest BCUT2D eigenvalue weighted by Crippen LogP contribution is -2.28. The maximum Gasteiger partial charge on any atom is 0.0417 e. The van der Waals surface area contributed by atoms with Crippen molar-refractivity contribution in [1.29, 1.82) is 0 Å². The summed E-state index contributed by atoms with van der Waals surface area (Å²) in [4.78, 5) is 2.41. The van der Waals surface area contributed by atoms with Gasteiger partial charge in [-0.05, 0) is 24.5 Å². The first-order chi connectivity index (χ1) is 7.83. The summed E-state index contributed by atoms with van der Waals surface area (Å²) in [6.45, 7) is 4.24. The van der Waals surface area contributed by atoms with Gasteiger partial charge in [-0.1, -0.05) is 37.3 Å². The molecular weight excluding hydrogens is 196 g/mol. The molecule has 0 bridgehead atoms. The fourth-order valence-corrected chi connectivity index (χ4v) is 2.17. The Morgan fingerprint density at radius 1 is 1.31 bits per heavy atom. The van der Waals surface area contributed by atoms with Crippen molar-refractivity contribution in [2.75, 3.05) is 18.0 Å². The lowest BCUT2D eigenvalue weighted by atomic mass is 10.0. The van der Waals surface area contributed by atoms with Crippen LogP contribution in [0.25, 0.3) is 0 Å². The van der Waals surface area contributed by atoms with E-state index in [9.17, 15) is 0 Å². The van der Waals surface area contributed by atoms with Crippen LogP contribution in [0.15, 0.2) is 36.4 Å². The highest BCUT2D eigenvalue weighted by atomic mass is 15.1. The van der Waals surface area contributed by atoms with Crippen LogP contribution in [0.4, 0.5) is 5.69 Å². The predicted octanol–water partition coefficient (Wildman–Crippen LogP) is 2.86. The Kier molecular flexibility index (Phi) is 3.62. The van der Waals surface area contributed by atoms with E-state index in [1.807, 2.05) is 0 Å². The first kappa shape index (κ1) is 11.2. The van der Waals surface area contributed by atoms with Crippen molar-refractivity contribution in [2.24, 2.45) is 5.73 Å². The number of nitrogens with zero attached hydrogens (tertiary/aromatic N) is 1. The Balaban J connectivity index is 2.28. The third-order valence-corrected chi connectivity index (χ3v) is 3.17. The highest BCUT2D eigenvalue weighted by Gasteiger charge is 2.14. The summed E-state index contributed by atoms with van der Waals surface area (Å²) in [5.41, 5.74) is 8.74. The van der Waals surface area contributed by atoms with Gasteiger partial charge < -0.3 is 10.6 Å². The van der Waals surface area contributed by atoms with Gasteiger partial charge in [0.1, 0.15) is 0 Å². The maximum atomic E-state index is 6.16. The van der Waals surface area contributed by atoms with E-state index in [2.05, 4.69) is 48.2 Å². The molecule has 2 N–H and O–H groups in total. The Hall–Kier alpha value is -1.28. The van der Waals surface area contributed by atoms with Crippen LogP contribution in [-0.2, 0) is 0 Å². The summed E-state index contributed by atoms with van der Waals surface area (Å²) in [5, 5.41) is 0. The number of benzene rings is 1. The van der Waals surface area contributed by atoms with Gasteiger partial charge in [-0.3, -0.25) is 0 Å². The Morgan fingerprint density at radius 3 is 2.81 bits per heavy atom. The third kappa shape index (κ3) is 2.27. The molecule has 0 amide bonds. The quantitative estimate of drug-likeness (QED) is 0.787. The number of para-hydroxylation sites is 1. The van der Waals surface area contributed by atoms with Crippen molar-refractivity contribution in [3.63, 3.8) is 0 Å². The zero-order valence-corrected chi connectivity index (χ0v) is 9.89. The van der Waals surface area contributed by atoms with Crippen molar-refractivity contribution in [3.05, 3.63) is 42.0 Å². The summed E-state index contributed by atoms with van der Waals surface area (Å²) >= 11 is 0. The molecule has 1 heterocycles. The van der Waals surface area contributed by atoms with E-state index >= 15 is 0 Å². The highest BCUT2D eigenvalue weighted by molar-refractivity contribution is 5.55. The van der Waals surface area contributed by atoms with Gasteiger partial charge in [0.2, 0.25) is 0 Å². The molecule has 0 aromatic heterocycles. The van der Waals surface area contributed by atoms with Gasteiger partial charge in [0.25, 0.3) is 0 Å². The van der Waals surface area contributed by atoms with Crippen molar-refractivity contribution < 1.29 is 0 Å². The molecule has 1 atom stereocenters. The summed E-state index contributed by atoms with van der Waals surface area (Å²) < 4.78 is 0. The van der Waals surface area contributed by atoms with Crippen molar-refractivity contribution in [2.45, 2.75) is 25.8 Å². The van der Waals surface area contributed by atoms with Gasteiger partial charge in [0, 0.05) is 24.8 Å². The zero-order chi connectivity index (χ0) is 11.4. The zero-order valence-electron chi connectivity index (χ0n) is 9.89. The molecule has 2 nitrogen and oxygen atoms in total. The lowest BCUT2D eigenvalue weighted by molar-refractivity contribution is 0.690. The summed E-state index contributed by atoms with van der Waals surface area (Å²) in [7, 11) is 0. The molecule has 0 spiro atoms. The first-order valence-corrected chi connectivity index (χ1v) is 6.07. The molecule has 1 aromatic rings. The average molecular weight is 216 g/mol. The number of hydrogen-bond donors (Lipinski definition) is 1. The number of anilines is 1. The average Bonchev–Trinajstić information content (AvgIpc) is 2.39. The molecule has 0 saturated carbocycles. The maximum absolute atomic E-state index is 6.16. The first-order valence-electron chi connectivity index (χ1n) is 6.07.